The van der Waals surface area contributed by atoms with E-state index in [9.17, 15) is 0 Å². The van der Waals surface area contributed by atoms with E-state index in [-0.39, 0.29) is 24.2 Å². The summed E-state index contributed by atoms with van der Waals surface area (Å²) >= 11 is 13.7. The van der Waals surface area contributed by atoms with E-state index in [0.29, 0.717) is 24.2 Å². The molecule has 39 heavy (non-hydrogen) atoms. The SMILES string of the molecule is CCCC/C(=N\NP(=S)(N(C(C)C)C(C)C)N(C(C)C)C(C)C)P(=S)(N(C(C)C)C(C)C)N(C(C)C)C(C)C. The fourth-order valence-corrected chi connectivity index (χ4v) is 18.5. The second kappa shape index (κ2) is 17.0. The first-order chi connectivity index (χ1) is 17.7. The zero-order valence-electron chi connectivity index (χ0n) is 28.7. The maximum absolute atomic E-state index is 6.95. The minimum atomic E-state index is -2.48. The lowest BCUT2D eigenvalue weighted by molar-refractivity contribution is 0.249. The van der Waals surface area contributed by atoms with E-state index in [1.54, 1.807) is 0 Å². The smallest absolute Gasteiger partial charge is 0.183 e. The normalized spacial score (nSPS) is 14.6. The van der Waals surface area contributed by atoms with Crippen LogP contribution in [0.15, 0.2) is 5.10 Å². The molecule has 0 atom stereocenters. The summed E-state index contributed by atoms with van der Waals surface area (Å²) in [6, 6.07) is 2.34. The molecule has 0 aromatic heterocycles. The molecule has 0 aliphatic carbocycles. The molecule has 0 unspecified atom stereocenters. The molecule has 0 bridgehead atoms. The number of hydrazone groups is 1. The first-order valence-electron chi connectivity index (χ1n) is 15.4. The minimum Gasteiger partial charge on any atom is -0.255 e. The van der Waals surface area contributed by atoms with Crippen molar-refractivity contribution in [1.29, 1.82) is 0 Å². The molecule has 234 valence electrons. The van der Waals surface area contributed by atoms with E-state index < -0.39 is 12.8 Å². The second-order valence-electron chi connectivity index (χ2n) is 13.1. The van der Waals surface area contributed by atoms with E-state index in [1.165, 1.54) is 0 Å². The van der Waals surface area contributed by atoms with Crippen LogP contribution < -0.4 is 5.20 Å². The Kier molecular flexibility index (Phi) is 17.3. The van der Waals surface area contributed by atoms with E-state index in [2.05, 4.69) is 142 Å². The molecule has 0 amide bonds. The van der Waals surface area contributed by atoms with Gasteiger partial charge >= 0.3 is 0 Å². The standard InChI is InChI=1S/C29H66N6P2S2/c1-18-19-20-29(36(38,32(21(2)3)22(4)5)33(23(6)7)24(8)9)30-31-37(39,34(25(10)11)26(12)13)35(27(14)15)28(16)17/h21-28H,18-20H2,1-17H3,(H,31,39)/b30-29+. The minimum absolute atomic E-state index is 0.284. The van der Waals surface area contributed by atoms with Crippen LogP contribution in [0.2, 0.25) is 0 Å². The predicted molar refractivity (Wildman–Crippen MR) is 187 cm³/mol. The lowest BCUT2D eigenvalue weighted by atomic mass is 10.3. The zero-order valence-corrected chi connectivity index (χ0v) is 32.1. The van der Waals surface area contributed by atoms with Crippen molar-refractivity contribution in [3.63, 3.8) is 0 Å². The Hall–Kier alpha value is 0.610. The third kappa shape index (κ3) is 9.82. The maximum atomic E-state index is 6.95. The molecule has 0 spiro atoms. The molecular formula is C29H66N6P2S2. The van der Waals surface area contributed by atoms with Crippen molar-refractivity contribution in [3.8, 4) is 0 Å². The average molecular weight is 625 g/mol. The van der Waals surface area contributed by atoms with Crippen molar-refractivity contribution in [3.05, 3.63) is 0 Å². The topological polar surface area (TPSA) is 37.4 Å². The molecular weight excluding hydrogens is 558 g/mol. The number of unbranched alkanes of at least 4 members (excludes halogenated alkanes) is 1. The van der Waals surface area contributed by atoms with Gasteiger partial charge in [-0.25, -0.2) is 9.34 Å². The molecule has 0 aromatic carbocycles. The molecule has 0 fully saturated rings. The summed E-state index contributed by atoms with van der Waals surface area (Å²) in [5.74, 6) is 0. The Morgan fingerprint density at radius 2 is 0.846 bits per heavy atom. The number of hydrogen-bond acceptors (Lipinski definition) is 3. The Morgan fingerprint density at radius 1 is 0.564 bits per heavy atom. The van der Waals surface area contributed by atoms with Crippen LogP contribution in [-0.2, 0) is 23.6 Å². The number of rotatable bonds is 18. The van der Waals surface area contributed by atoms with Crippen molar-refractivity contribution in [2.75, 3.05) is 0 Å². The van der Waals surface area contributed by atoms with Gasteiger partial charge in [0, 0.05) is 48.3 Å². The van der Waals surface area contributed by atoms with Gasteiger partial charge in [0.2, 0.25) is 0 Å². The quantitative estimate of drug-likeness (QED) is 0.0926. The van der Waals surface area contributed by atoms with Crippen LogP contribution in [0.5, 0.6) is 0 Å². The molecule has 0 heterocycles. The predicted octanol–water partition coefficient (Wildman–Crippen LogP) is 9.09. The van der Waals surface area contributed by atoms with E-state index in [1.807, 2.05) is 0 Å². The van der Waals surface area contributed by atoms with Gasteiger partial charge in [0.25, 0.3) is 0 Å². The molecule has 0 aliphatic rings. The van der Waals surface area contributed by atoms with Gasteiger partial charge in [-0.15, -0.1) is 0 Å². The van der Waals surface area contributed by atoms with Gasteiger partial charge in [-0.2, -0.15) is 5.10 Å². The van der Waals surface area contributed by atoms with Crippen LogP contribution in [0.3, 0.4) is 0 Å². The average Bonchev–Trinajstić information content (AvgIpc) is 2.70. The molecule has 0 radical (unpaired) electrons. The Morgan fingerprint density at radius 3 is 1.08 bits per heavy atom. The van der Waals surface area contributed by atoms with Crippen molar-refractivity contribution >= 4 is 41.9 Å². The first kappa shape index (κ1) is 39.6. The van der Waals surface area contributed by atoms with Gasteiger partial charge in [0.15, 0.2) is 6.49 Å². The zero-order chi connectivity index (χ0) is 31.0. The van der Waals surface area contributed by atoms with Gasteiger partial charge < -0.3 is 0 Å². The van der Waals surface area contributed by atoms with Crippen LogP contribution in [0.25, 0.3) is 0 Å². The fraction of sp³-hybridized carbons (Fsp3) is 0.966. The summed E-state index contributed by atoms with van der Waals surface area (Å²) in [5, 5.41) is 9.21. The molecule has 0 aliphatic heterocycles. The Labute approximate surface area is 255 Å². The molecule has 0 saturated carbocycles. The highest BCUT2D eigenvalue weighted by atomic mass is 32.5. The van der Waals surface area contributed by atoms with Gasteiger partial charge in [-0.1, -0.05) is 25.2 Å². The summed E-state index contributed by atoms with van der Waals surface area (Å²) in [6.45, 7) is 36.1. The Balaban J connectivity index is 7.64. The highest BCUT2D eigenvalue weighted by Crippen LogP contribution is 2.61. The molecule has 0 rings (SSSR count). The molecule has 6 nitrogen and oxygen atoms in total. The summed E-state index contributed by atoms with van der Waals surface area (Å²) in [6.07, 6.45) is 0.622. The molecule has 0 saturated heterocycles. The second-order valence-corrected chi connectivity index (χ2v) is 20.9. The van der Waals surface area contributed by atoms with E-state index in [0.717, 1.165) is 24.7 Å². The summed E-state index contributed by atoms with van der Waals surface area (Å²) in [4.78, 5) is 0. The number of nitrogens with zero attached hydrogens (tertiary/aromatic N) is 5. The summed E-state index contributed by atoms with van der Waals surface area (Å²) in [7, 11) is 0. The van der Waals surface area contributed by atoms with Gasteiger partial charge in [-0.3, -0.25) is 14.5 Å². The summed E-state index contributed by atoms with van der Waals surface area (Å²) in [5.41, 5.74) is 1.12. The lowest BCUT2D eigenvalue weighted by Gasteiger charge is -2.51. The van der Waals surface area contributed by atoms with Crippen molar-refractivity contribution in [2.45, 2.75) is 185 Å². The molecule has 0 aromatic rings. The van der Waals surface area contributed by atoms with E-state index in [4.69, 9.17) is 28.7 Å². The first-order valence-corrected chi connectivity index (χ1v) is 20.8. The highest BCUT2D eigenvalue weighted by molar-refractivity contribution is 8.20. The van der Waals surface area contributed by atoms with Crippen LogP contribution in [0.4, 0.5) is 0 Å². The van der Waals surface area contributed by atoms with Gasteiger partial charge in [0.05, 0.1) is 5.45 Å². The van der Waals surface area contributed by atoms with Gasteiger partial charge in [0.1, 0.15) is 6.34 Å². The maximum Gasteiger partial charge on any atom is 0.183 e. The fourth-order valence-electron chi connectivity index (χ4n) is 6.22. The Bertz CT molecular complexity index is 760. The highest BCUT2D eigenvalue weighted by Gasteiger charge is 2.44. The van der Waals surface area contributed by atoms with E-state index >= 15 is 0 Å². The molecule has 1 N–H and O–H groups in total. The largest absolute Gasteiger partial charge is 0.255 e. The van der Waals surface area contributed by atoms with Crippen LogP contribution in [0.1, 0.15) is 137 Å². The lowest BCUT2D eigenvalue weighted by Crippen LogP contribution is -2.49. The molecule has 10 heteroatoms. The monoisotopic (exact) mass is 624 g/mol. The van der Waals surface area contributed by atoms with Crippen LogP contribution in [0, 0.1) is 0 Å². The van der Waals surface area contributed by atoms with Crippen molar-refractivity contribution in [2.24, 2.45) is 5.10 Å². The van der Waals surface area contributed by atoms with Crippen LogP contribution in [-0.4, -0.2) is 72.5 Å². The third-order valence-corrected chi connectivity index (χ3v) is 17.6. The van der Waals surface area contributed by atoms with Crippen molar-refractivity contribution < 1.29 is 0 Å². The van der Waals surface area contributed by atoms with Crippen molar-refractivity contribution in [1.82, 2.24) is 23.9 Å². The number of nitrogens with one attached hydrogen (secondary N) is 1. The number of hydrogen-bond donors (Lipinski definition) is 1. The summed E-state index contributed by atoms with van der Waals surface area (Å²) < 4.78 is 10.2. The third-order valence-electron chi connectivity index (χ3n) is 6.88. The van der Waals surface area contributed by atoms with Gasteiger partial charge in [-0.05, 0) is 135 Å². The van der Waals surface area contributed by atoms with Crippen LogP contribution >= 0.6 is 12.8 Å².